The maximum absolute atomic E-state index is 12.8. The molecule has 0 bridgehead atoms. The number of amides is 1. The summed E-state index contributed by atoms with van der Waals surface area (Å²) in [5, 5.41) is 12.2. The molecule has 106 valence electrons. The third-order valence-corrected chi connectivity index (χ3v) is 4.29. The Morgan fingerprint density at radius 2 is 2.15 bits per heavy atom. The van der Waals surface area contributed by atoms with Gasteiger partial charge in [0.1, 0.15) is 0 Å². The number of hydrogen-bond acceptors (Lipinski definition) is 3. The monoisotopic (exact) mass is 271 g/mol. The zero-order valence-corrected chi connectivity index (χ0v) is 12.1. The molecule has 0 aromatic heterocycles. The molecule has 1 amide bonds. The molecule has 0 radical (unpaired) electrons. The second-order valence-electron chi connectivity index (χ2n) is 5.44. The summed E-state index contributed by atoms with van der Waals surface area (Å²) in [6, 6.07) is 9.24. The lowest BCUT2D eigenvalue weighted by Gasteiger charge is -2.38. The summed E-state index contributed by atoms with van der Waals surface area (Å²) in [6.07, 6.45) is 2.83. The highest BCUT2D eigenvalue weighted by Gasteiger charge is 2.39. The Kier molecular flexibility index (Phi) is 4.41. The summed E-state index contributed by atoms with van der Waals surface area (Å²) >= 11 is 0. The summed E-state index contributed by atoms with van der Waals surface area (Å²) in [7, 11) is 1.82. The minimum atomic E-state index is -0.291. The molecule has 4 heteroatoms. The van der Waals surface area contributed by atoms with E-state index in [1.54, 1.807) is 17.0 Å². The van der Waals surface area contributed by atoms with Crippen molar-refractivity contribution in [1.82, 2.24) is 5.32 Å². The van der Waals surface area contributed by atoms with E-state index in [2.05, 4.69) is 18.3 Å². The Labute approximate surface area is 120 Å². The molecule has 1 unspecified atom stereocenters. The summed E-state index contributed by atoms with van der Waals surface area (Å²) in [5.41, 5.74) is 1.16. The number of nitrogens with zero attached hydrogens (tertiary/aromatic N) is 2. The van der Waals surface area contributed by atoms with E-state index >= 15 is 0 Å². The molecule has 2 rings (SSSR count). The molecule has 1 aliphatic heterocycles. The number of carbonyl (C=O) groups excluding carboxylic acids is 1. The van der Waals surface area contributed by atoms with Crippen LogP contribution in [0.4, 0.5) is 5.69 Å². The van der Waals surface area contributed by atoms with Crippen LogP contribution >= 0.6 is 0 Å². The van der Waals surface area contributed by atoms with Crippen LogP contribution in [-0.4, -0.2) is 26.0 Å². The number of hydrogen-bond donors (Lipinski definition) is 1. The van der Waals surface area contributed by atoms with Crippen LogP contribution in [0.2, 0.25) is 0 Å². The van der Waals surface area contributed by atoms with Crippen molar-refractivity contribution in [2.75, 3.05) is 25.0 Å². The fraction of sp³-hybridized carbons (Fsp3) is 0.500. The molecule has 0 aliphatic carbocycles. The third-order valence-electron chi connectivity index (χ3n) is 4.29. The van der Waals surface area contributed by atoms with Gasteiger partial charge in [0.2, 0.25) is 5.91 Å². The van der Waals surface area contributed by atoms with Crippen molar-refractivity contribution in [2.45, 2.75) is 26.2 Å². The Morgan fingerprint density at radius 1 is 1.45 bits per heavy atom. The van der Waals surface area contributed by atoms with Crippen molar-refractivity contribution < 1.29 is 4.79 Å². The van der Waals surface area contributed by atoms with Gasteiger partial charge in [-0.2, -0.15) is 5.26 Å². The van der Waals surface area contributed by atoms with Crippen LogP contribution in [0.5, 0.6) is 0 Å². The quantitative estimate of drug-likeness (QED) is 0.917. The average molecular weight is 271 g/mol. The van der Waals surface area contributed by atoms with Gasteiger partial charge < -0.3 is 10.2 Å². The fourth-order valence-corrected chi connectivity index (χ4v) is 2.84. The van der Waals surface area contributed by atoms with Crippen molar-refractivity contribution in [3.8, 4) is 6.07 Å². The first-order chi connectivity index (χ1) is 9.63. The number of piperidine rings is 1. The van der Waals surface area contributed by atoms with Gasteiger partial charge >= 0.3 is 0 Å². The van der Waals surface area contributed by atoms with Crippen molar-refractivity contribution in [2.24, 2.45) is 5.41 Å². The first kappa shape index (κ1) is 14.5. The van der Waals surface area contributed by atoms with E-state index in [0.29, 0.717) is 5.56 Å². The van der Waals surface area contributed by atoms with Crippen LogP contribution in [0, 0.1) is 16.7 Å². The van der Waals surface area contributed by atoms with E-state index in [0.717, 1.165) is 38.0 Å². The van der Waals surface area contributed by atoms with Crippen molar-refractivity contribution in [3.05, 3.63) is 29.8 Å². The highest BCUT2D eigenvalue weighted by atomic mass is 16.2. The van der Waals surface area contributed by atoms with Gasteiger partial charge in [0.15, 0.2) is 0 Å². The number of nitrogens with one attached hydrogen (secondary N) is 1. The molecule has 1 fully saturated rings. The van der Waals surface area contributed by atoms with Gasteiger partial charge in [-0.15, -0.1) is 0 Å². The van der Waals surface area contributed by atoms with Gasteiger partial charge in [0, 0.05) is 19.3 Å². The van der Waals surface area contributed by atoms with Crippen molar-refractivity contribution in [1.29, 1.82) is 5.26 Å². The second-order valence-corrected chi connectivity index (χ2v) is 5.44. The number of anilines is 1. The number of nitriles is 1. The van der Waals surface area contributed by atoms with Crippen LogP contribution in [0.3, 0.4) is 0 Å². The van der Waals surface area contributed by atoms with E-state index in [1.807, 2.05) is 19.2 Å². The summed E-state index contributed by atoms with van der Waals surface area (Å²) in [5.74, 6) is 0.164. The topological polar surface area (TPSA) is 56.1 Å². The van der Waals surface area contributed by atoms with Gasteiger partial charge in [-0.25, -0.2) is 0 Å². The summed E-state index contributed by atoms with van der Waals surface area (Å²) < 4.78 is 0. The minimum Gasteiger partial charge on any atom is -0.316 e. The van der Waals surface area contributed by atoms with Gasteiger partial charge in [0.05, 0.1) is 17.0 Å². The number of carbonyl (C=O) groups is 1. The van der Waals surface area contributed by atoms with Crippen LogP contribution in [0.15, 0.2) is 24.3 Å². The van der Waals surface area contributed by atoms with Crippen LogP contribution in [0.25, 0.3) is 0 Å². The predicted molar refractivity (Wildman–Crippen MR) is 79.4 cm³/mol. The SMILES string of the molecule is CCC1(C(=O)N(C)c2ccc(C#N)cc2)CCCNC1. The maximum atomic E-state index is 12.8. The maximum Gasteiger partial charge on any atom is 0.234 e. The number of benzene rings is 1. The lowest BCUT2D eigenvalue weighted by Crippen LogP contribution is -2.50. The molecule has 1 aromatic rings. The predicted octanol–water partition coefficient (Wildman–Crippen LogP) is 2.30. The minimum absolute atomic E-state index is 0.164. The smallest absolute Gasteiger partial charge is 0.234 e. The van der Waals surface area contributed by atoms with E-state index in [-0.39, 0.29) is 11.3 Å². The standard InChI is InChI=1S/C16H21N3O/c1-3-16(9-4-10-18-12-16)15(20)19(2)14-7-5-13(11-17)6-8-14/h5-8,18H,3-4,9-10,12H2,1-2H3. The van der Waals surface area contributed by atoms with Gasteiger partial charge in [-0.1, -0.05) is 6.92 Å². The molecule has 20 heavy (non-hydrogen) atoms. The molecule has 1 heterocycles. The van der Waals surface area contributed by atoms with Crippen molar-refractivity contribution in [3.63, 3.8) is 0 Å². The van der Waals surface area contributed by atoms with Crippen molar-refractivity contribution >= 4 is 11.6 Å². The molecule has 1 atom stereocenters. The summed E-state index contributed by atoms with van der Waals surface area (Å²) in [4.78, 5) is 14.5. The average Bonchev–Trinajstić information content (AvgIpc) is 2.54. The molecule has 1 aromatic carbocycles. The van der Waals surface area contributed by atoms with E-state index < -0.39 is 0 Å². The Morgan fingerprint density at radius 3 is 2.65 bits per heavy atom. The van der Waals surface area contributed by atoms with Gasteiger partial charge in [0.25, 0.3) is 0 Å². The molecular weight excluding hydrogens is 250 g/mol. The highest BCUT2D eigenvalue weighted by Crippen LogP contribution is 2.33. The largest absolute Gasteiger partial charge is 0.316 e. The molecular formula is C16H21N3O. The second kappa shape index (κ2) is 6.06. The first-order valence-corrected chi connectivity index (χ1v) is 7.12. The van der Waals surface area contributed by atoms with Crippen LogP contribution in [-0.2, 0) is 4.79 Å². The third kappa shape index (κ3) is 2.68. The molecule has 1 saturated heterocycles. The van der Waals surface area contributed by atoms with Gasteiger partial charge in [-0.05, 0) is 50.1 Å². The van der Waals surface area contributed by atoms with E-state index in [4.69, 9.17) is 5.26 Å². The zero-order chi connectivity index (χ0) is 14.6. The summed E-state index contributed by atoms with van der Waals surface area (Å²) in [6.45, 7) is 3.83. The molecule has 1 N–H and O–H groups in total. The normalized spacial score (nSPS) is 22.1. The van der Waals surface area contributed by atoms with E-state index in [9.17, 15) is 4.79 Å². The zero-order valence-electron chi connectivity index (χ0n) is 12.1. The number of rotatable bonds is 3. The Hall–Kier alpha value is -1.86. The Bertz CT molecular complexity index is 510. The molecule has 0 spiro atoms. The van der Waals surface area contributed by atoms with Crippen LogP contribution < -0.4 is 10.2 Å². The Balaban J connectivity index is 2.20. The van der Waals surface area contributed by atoms with Crippen LogP contribution in [0.1, 0.15) is 31.7 Å². The lowest BCUT2D eigenvalue weighted by atomic mass is 9.77. The molecule has 4 nitrogen and oxygen atoms in total. The fourth-order valence-electron chi connectivity index (χ4n) is 2.84. The lowest BCUT2D eigenvalue weighted by molar-refractivity contribution is -0.129. The molecule has 0 saturated carbocycles. The molecule has 1 aliphatic rings. The van der Waals surface area contributed by atoms with Gasteiger partial charge in [-0.3, -0.25) is 4.79 Å². The van der Waals surface area contributed by atoms with E-state index in [1.165, 1.54) is 0 Å². The first-order valence-electron chi connectivity index (χ1n) is 7.12. The highest BCUT2D eigenvalue weighted by molar-refractivity contribution is 5.97.